The zero-order valence-electron chi connectivity index (χ0n) is 21.1. The Balaban J connectivity index is 1.59. The highest BCUT2D eigenvalue weighted by molar-refractivity contribution is 6.12. The van der Waals surface area contributed by atoms with Crippen molar-refractivity contribution in [2.75, 3.05) is 4.90 Å². The van der Waals surface area contributed by atoms with E-state index in [0.717, 1.165) is 22.4 Å². The molecule has 6 heteroatoms. The molecule has 0 radical (unpaired) electrons. The highest BCUT2D eigenvalue weighted by Gasteiger charge is 2.59. The molecule has 0 unspecified atom stereocenters. The molecule has 4 aromatic carbocycles. The lowest BCUT2D eigenvalue weighted by Gasteiger charge is -2.44. The maximum absolute atomic E-state index is 15.0. The minimum Gasteiger partial charge on any atom is -0.487 e. The van der Waals surface area contributed by atoms with Gasteiger partial charge in [-0.2, -0.15) is 8.78 Å². The Hall–Kier alpha value is -4.19. The molecule has 38 heavy (non-hydrogen) atoms. The number of benzene rings is 4. The lowest BCUT2D eigenvalue weighted by Crippen LogP contribution is -2.51. The average Bonchev–Trinajstić information content (AvgIpc) is 3.12. The van der Waals surface area contributed by atoms with Crippen LogP contribution in [0.4, 0.5) is 14.5 Å². The van der Waals surface area contributed by atoms with Crippen LogP contribution in [-0.2, 0) is 10.2 Å². The van der Waals surface area contributed by atoms with Gasteiger partial charge >= 0.3 is 6.61 Å². The second-order valence-electron chi connectivity index (χ2n) is 10.4. The lowest BCUT2D eigenvalue weighted by molar-refractivity contribution is -0.124. The molecule has 0 aromatic heterocycles. The van der Waals surface area contributed by atoms with E-state index in [9.17, 15) is 13.6 Å². The first-order valence-electron chi connectivity index (χ1n) is 12.6. The molecule has 0 fully saturated rings. The molecular formula is C32H27F2NO3. The van der Waals surface area contributed by atoms with Gasteiger partial charge in [-0.3, -0.25) is 9.69 Å². The molecule has 0 saturated heterocycles. The van der Waals surface area contributed by atoms with E-state index in [1.807, 2.05) is 104 Å². The van der Waals surface area contributed by atoms with Gasteiger partial charge in [-0.15, -0.1) is 0 Å². The number of alkyl halides is 2. The molecule has 6 rings (SSSR count). The number of carbonyl (C=O) groups excluding carboxylic acids is 1. The van der Waals surface area contributed by atoms with E-state index >= 15 is 0 Å². The van der Waals surface area contributed by atoms with E-state index in [1.54, 1.807) is 6.07 Å². The smallest absolute Gasteiger partial charge is 0.387 e. The lowest BCUT2D eigenvalue weighted by atomic mass is 9.67. The predicted molar refractivity (Wildman–Crippen MR) is 142 cm³/mol. The number of nitrogens with zero attached hydrogens (tertiary/aromatic N) is 1. The first-order chi connectivity index (χ1) is 18.3. The Morgan fingerprint density at radius 2 is 1.42 bits per heavy atom. The van der Waals surface area contributed by atoms with Gasteiger partial charge in [-0.1, -0.05) is 84.9 Å². The Morgan fingerprint density at radius 3 is 2.05 bits per heavy atom. The maximum atomic E-state index is 15.0. The van der Waals surface area contributed by atoms with Crippen molar-refractivity contribution in [3.8, 4) is 11.5 Å². The van der Waals surface area contributed by atoms with Crippen LogP contribution in [0.25, 0.3) is 0 Å². The van der Waals surface area contributed by atoms with E-state index in [1.165, 1.54) is 12.1 Å². The number of amides is 1. The van der Waals surface area contributed by atoms with Crippen LogP contribution in [0.1, 0.15) is 48.6 Å². The third-order valence-corrected chi connectivity index (χ3v) is 7.41. The molecule has 0 N–H and O–H groups in total. The van der Waals surface area contributed by atoms with E-state index < -0.39 is 17.6 Å². The van der Waals surface area contributed by atoms with Gasteiger partial charge in [0.25, 0.3) is 0 Å². The number of ether oxygens (including phenoxy) is 2. The van der Waals surface area contributed by atoms with Crippen LogP contribution in [-0.4, -0.2) is 18.1 Å². The van der Waals surface area contributed by atoms with Crippen LogP contribution < -0.4 is 14.4 Å². The van der Waals surface area contributed by atoms with Crippen molar-refractivity contribution in [2.24, 2.45) is 0 Å². The van der Waals surface area contributed by atoms with Gasteiger partial charge in [0.2, 0.25) is 5.91 Å². The average molecular weight is 512 g/mol. The summed E-state index contributed by atoms with van der Waals surface area (Å²) in [5.74, 6) is 0.297. The quantitative estimate of drug-likeness (QED) is 0.283. The highest BCUT2D eigenvalue weighted by atomic mass is 19.3. The molecule has 0 saturated carbocycles. The SMILES string of the molecule is CC1(C)C[C@]2(C(=O)N(C(c3ccccc3)c3ccccc3)c3ccccc32)c2ccc(OC(F)F)cc2O1. The van der Waals surface area contributed by atoms with Crippen molar-refractivity contribution in [2.45, 2.75) is 43.9 Å². The summed E-state index contributed by atoms with van der Waals surface area (Å²) in [6, 6.07) is 32.1. The largest absolute Gasteiger partial charge is 0.487 e. The Bertz CT molecular complexity index is 1450. The topological polar surface area (TPSA) is 38.8 Å². The van der Waals surface area contributed by atoms with E-state index in [2.05, 4.69) is 4.74 Å². The van der Waals surface area contributed by atoms with Gasteiger partial charge in [-0.25, -0.2) is 0 Å². The summed E-state index contributed by atoms with van der Waals surface area (Å²) >= 11 is 0. The molecule has 1 spiro atoms. The minimum atomic E-state index is -2.96. The molecule has 0 bridgehead atoms. The van der Waals surface area contributed by atoms with Crippen molar-refractivity contribution >= 4 is 11.6 Å². The summed E-state index contributed by atoms with van der Waals surface area (Å²) in [5.41, 5.74) is 2.53. The van der Waals surface area contributed by atoms with Gasteiger partial charge in [0.1, 0.15) is 22.5 Å². The molecule has 192 valence electrons. The molecule has 4 nitrogen and oxygen atoms in total. The first-order valence-corrected chi connectivity index (χ1v) is 12.6. The molecule has 1 amide bonds. The Morgan fingerprint density at radius 1 is 0.816 bits per heavy atom. The Kier molecular flexibility index (Phi) is 5.71. The second kappa shape index (κ2) is 8.98. The first kappa shape index (κ1) is 24.2. The number of anilines is 1. The summed E-state index contributed by atoms with van der Waals surface area (Å²) in [4.78, 5) is 16.9. The molecule has 2 aliphatic heterocycles. The summed E-state index contributed by atoms with van der Waals surface area (Å²) in [6.07, 6.45) is 0.394. The van der Waals surface area contributed by atoms with Gasteiger partial charge in [-0.05, 0) is 42.7 Å². The summed E-state index contributed by atoms with van der Waals surface area (Å²) < 4.78 is 36.9. The molecule has 0 aliphatic carbocycles. The van der Waals surface area contributed by atoms with Crippen molar-refractivity contribution in [3.05, 3.63) is 125 Å². The second-order valence-corrected chi connectivity index (χ2v) is 10.4. The summed E-state index contributed by atoms with van der Waals surface area (Å²) in [7, 11) is 0. The predicted octanol–water partition coefficient (Wildman–Crippen LogP) is 7.27. The maximum Gasteiger partial charge on any atom is 0.387 e. The number of rotatable bonds is 5. The van der Waals surface area contributed by atoms with Crippen LogP contribution in [0.2, 0.25) is 0 Å². The fourth-order valence-electron chi connectivity index (χ4n) is 6.11. The van der Waals surface area contributed by atoms with Crippen molar-refractivity contribution < 1.29 is 23.0 Å². The number of hydrogen-bond acceptors (Lipinski definition) is 3. The third-order valence-electron chi connectivity index (χ3n) is 7.41. The van der Waals surface area contributed by atoms with Crippen LogP contribution in [0, 0.1) is 0 Å². The molecule has 1 atom stereocenters. The van der Waals surface area contributed by atoms with Gasteiger partial charge < -0.3 is 9.47 Å². The van der Waals surface area contributed by atoms with Crippen molar-refractivity contribution in [1.29, 1.82) is 0 Å². The van der Waals surface area contributed by atoms with Crippen LogP contribution in [0.5, 0.6) is 11.5 Å². The zero-order valence-corrected chi connectivity index (χ0v) is 21.1. The van der Waals surface area contributed by atoms with E-state index in [0.29, 0.717) is 17.7 Å². The number of fused-ring (bicyclic) bond motifs is 4. The highest BCUT2D eigenvalue weighted by Crippen LogP contribution is 2.58. The minimum absolute atomic E-state index is 0.00589. The number of para-hydroxylation sites is 1. The fourth-order valence-corrected chi connectivity index (χ4v) is 6.11. The molecule has 2 heterocycles. The number of carbonyl (C=O) groups is 1. The van der Waals surface area contributed by atoms with Gasteiger partial charge in [0.05, 0.1) is 6.04 Å². The summed E-state index contributed by atoms with van der Waals surface area (Å²) in [6.45, 7) is 0.881. The van der Waals surface area contributed by atoms with E-state index in [-0.39, 0.29) is 17.7 Å². The summed E-state index contributed by atoms with van der Waals surface area (Å²) in [5, 5.41) is 0. The van der Waals surface area contributed by atoms with Gasteiger partial charge in [0.15, 0.2) is 0 Å². The number of halogens is 2. The molecular weight excluding hydrogens is 484 g/mol. The van der Waals surface area contributed by atoms with Gasteiger partial charge in [0, 0.05) is 23.7 Å². The van der Waals surface area contributed by atoms with Crippen LogP contribution in [0.3, 0.4) is 0 Å². The number of hydrogen-bond donors (Lipinski definition) is 0. The van der Waals surface area contributed by atoms with Crippen molar-refractivity contribution in [3.63, 3.8) is 0 Å². The normalized spacial score (nSPS) is 19.4. The fraction of sp³-hybridized carbons (Fsp3) is 0.219. The van der Waals surface area contributed by atoms with Crippen molar-refractivity contribution in [1.82, 2.24) is 0 Å². The van der Waals surface area contributed by atoms with Crippen LogP contribution >= 0.6 is 0 Å². The van der Waals surface area contributed by atoms with E-state index in [4.69, 9.17) is 4.74 Å². The monoisotopic (exact) mass is 511 g/mol. The van der Waals surface area contributed by atoms with Crippen LogP contribution in [0.15, 0.2) is 103 Å². The standard InChI is InChI=1S/C32H27F2NO3/c1-31(2)20-32(25-18-17-23(37-30(33)34)19-27(25)38-31)24-15-9-10-16-26(24)35(29(32)36)28(21-11-5-3-6-12-21)22-13-7-4-8-14-22/h3-19,28,30H,20H2,1-2H3/t32-/m1/s1. The molecule has 2 aliphatic rings. The third kappa shape index (κ3) is 3.83. The molecule has 4 aromatic rings. The zero-order chi connectivity index (χ0) is 26.5. The Labute approximate surface area is 220 Å².